The van der Waals surface area contributed by atoms with E-state index in [0.29, 0.717) is 0 Å². The van der Waals surface area contributed by atoms with Crippen molar-refractivity contribution in [3.8, 4) is 11.5 Å². The van der Waals surface area contributed by atoms with Crippen LogP contribution in [0.2, 0.25) is 0 Å². The number of halogens is 1. The lowest BCUT2D eigenvalue weighted by Gasteiger charge is -2.09. The van der Waals surface area contributed by atoms with Gasteiger partial charge in [-0.25, -0.2) is 0 Å². The molecular formula is C13H16BrN3O. The highest BCUT2D eigenvalue weighted by Crippen LogP contribution is 2.31. The van der Waals surface area contributed by atoms with E-state index in [1.165, 1.54) is 0 Å². The molecule has 0 aliphatic rings. The van der Waals surface area contributed by atoms with E-state index in [-0.39, 0.29) is 6.04 Å². The molecule has 0 unspecified atom stereocenters. The van der Waals surface area contributed by atoms with E-state index in [1.807, 2.05) is 42.9 Å². The molecule has 4 nitrogen and oxygen atoms in total. The summed E-state index contributed by atoms with van der Waals surface area (Å²) in [6, 6.07) is 5.86. The molecule has 0 radical (unpaired) electrons. The van der Waals surface area contributed by atoms with E-state index in [4.69, 9.17) is 10.5 Å². The molecule has 0 saturated heterocycles. The Bertz CT molecular complexity index is 537. The summed E-state index contributed by atoms with van der Waals surface area (Å²) < 4.78 is 8.46. The second-order valence-corrected chi connectivity index (χ2v) is 4.97. The lowest BCUT2D eigenvalue weighted by atomic mass is 10.1. The van der Waals surface area contributed by atoms with Crippen molar-refractivity contribution in [2.45, 2.75) is 26.4 Å². The van der Waals surface area contributed by atoms with Crippen molar-refractivity contribution < 1.29 is 4.74 Å². The van der Waals surface area contributed by atoms with Crippen molar-refractivity contribution in [1.29, 1.82) is 0 Å². The Kier molecular flexibility index (Phi) is 4.04. The summed E-state index contributed by atoms with van der Waals surface area (Å²) in [4.78, 5) is 0. The van der Waals surface area contributed by atoms with Gasteiger partial charge in [0, 0.05) is 12.6 Å². The quantitative estimate of drug-likeness (QED) is 0.940. The second kappa shape index (κ2) is 5.54. The van der Waals surface area contributed by atoms with Gasteiger partial charge in [0.25, 0.3) is 0 Å². The molecular weight excluding hydrogens is 294 g/mol. The smallest absolute Gasteiger partial charge is 0.165 e. The fourth-order valence-electron chi connectivity index (χ4n) is 1.58. The highest BCUT2D eigenvalue weighted by molar-refractivity contribution is 9.10. The first-order valence-electron chi connectivity index (χ1n) is 5.85. The Morgan fingerprint density at radius 2 is 2.28 bits per heavy atom. The summed E-state index contributed by atoms with van der Waals surface area (Å²) in [6.07, 6.45) is 3.57. The van der Waals surface area contributed by atoms with Gasteiger partial charge in [-0.2, -0.15) is 5.10 Å². The third kappa shape index (κ3) is 2.91. The topological polar surface area (TPSA) is 53.1 Å². The molecule has 5 heteroatoms. The number of hydrogen-bond acceptors (Lipinski definition) is 3. The highest BCUT2D eigenvalue weighted by atomic mass is 79.9. The van der Waals surface area contributed by atoms with E-state index in [1.54, 1.807) is 6.20 Å². The van der Waals surface area contributed by atoms with Gasteiger partial charge in [-0.1, -0.05) is 6.07 Å². The van der Waals surface area contributed by atoms with E-state index in [9.17, 15) is 0 Å². The predicted molar refractivity (Wildman–Crippen MR) is 74.7 cm³/mol. The number of rotatable bonds is 4. The fourth-order valence-corrected chi connectivity index (χ4v) is 2.06. The molecule has 18 heavy (non-hydrogen) atoms. The molecule has 0 aliphatic carbocycles. The van der Waals surface area contributed by atoms with E-state index >= 15 is 0 Å². The van der Waals surface area contributed by atoms with Crippen LogP contribution in [-0.4, -0.2) is 9.78 Å². The summed E-state index contributed by atoms with van der Waals surface area (Å²) in [5, 5.41) is 4.16. The summed E-state index contributed by atoms with van der Waals surface area (Å²) in [6.45, 7) is 4.81. The van der Waals surface area contributed by atoms with Crippen LogP contribution in [0.4, 0.5) is 0 Å². The Balaban J connectivity index is 2.19. The first-order chi connectivity index (χ1) is 8.60. The third-order valence-corrected chi connectivity index (χ3v) is 3.26. The average molecular weight is 310 g/mol. The summed E-state index contributed by atoms with van der Waals surface area (Å²) in [7, 11) is 0. The van der Waals surface area contributed by atoms with Gasteiger partial charge < -0.3 is 10.5 Å². The van der Waals surface area contributed by atoms with Crippen molar-refractivity contribution >= 4 is 15.9 Å². The van der Waals surface area contributed by atoms with E-state index in [0.717, 1.165) is 28.1 Å². The average Bonchev–Trinajstić information content (AvgIpc) is 2.79. The monoisotopic (exact) mass is 309 g/mol. The number of ether oxygens (including phenoxy) is 1. The van der Waals surface area contributed by atoms with Gasteiger partial charge in [0.05, 0.1) is 16.9 Å². The summed E-state index contributed by atoms with van der Waals surface area (Å²) in [5.41, 5.74) is 6.90. The second-order valence-electron chi connectivity index (χ2n) is 4.11. The predicted octanol–water partition coefficient (Wildman–Crippen LogP) is 3.48. The maximum absolute atomic E-state index is 5.83. The molecule has 1 aromatic heterocycles. The van der Waals surface area contributed by atoms with Crippen LogP contribution in [0.25, 0.3) is 0 Å². The van der Waals surface area contributed by atoms with Gasteiger partial charge in [-0.3, -0.25) is 4.68 Å². The number of benzene rings is 1. The minimum atomic E-state index is 0.0122. The normalized spacial score (nSPS) is 12.4. The molecule has 1 atom stereocenters. The third-order valence-electron chi connectivity index (χ3n) is 2.64. The maximum Gasteiger partial charge on any atom is 0.165 e. The first-order valence-corrected chi connectivity index (χ1v) is 6.64. The molecule has 0 amide bonds. The van der Waals surface area contributed by atoms with Gasteiger partial charge in [-0.15, -0.1) is 0 Å². The zero-order valence-electron chi connectivity index (χ0n) is 10.4. The number of aromatic nitrogens is 2. The number of hydrogen-bond donors (Lipinski definition) is 1. The van der Waals surface area contributed by atoms with Crippen LogP contribution in [0.1, 0.15) is 25.5 Å². The molecule has 1 aromatic carbocycles. The zero-order valence-corrected chi connectivity index (χ0v) is 12.0. The minimum absolute atomic E-state index is 0.0122. The van der Waals surface area contributed by atoms with Crippen LogP contribution in [0.5, 0.6) is 11.5 Å². The van der Waals surface area contributed by atoms with Crippen LogP contribution < -0.4 is 10.5 Å². The molecule has 0 saturated carbocycles. The highest BCUT2D eigenvalue weighted by Gasteiger charge is 2.07. The summed E-state index contributed by atoms with van der Waals surface area (Å²) >= 11 is 3.49. The molecule has 0 spiro atoms. The molecule has 1 heterocycles. The molecule has 2 N–H and O–H groups in total. The number of nitrogens with zero attached hydrogens (tertiary/aromatic N) is 2. The van der Waals surface area contributed by atoms with Crippen molar-refractivity contribution in [3.05, 3.63) is 40.6 Å². The molecule has 2 rings (SSSR count). The summed E-state index contributed by atoms with van der Waals surface area (Å²) in [5.74, 6) is 1.49. The number of aryl methyl sites for hydroxylation is 1. The molecule has 0 aliphatic heterocycles. The van der Waals surface area contributed by atoms with E-state index < -0.39 is 0 Å². The van der Waals surface area contributed by atoms with Crippen LogP contribution in [0.15, 0.2) is 35.1 Å². The SMILES string of the molecule is CCn1cc(Oc2ccc([C@@H](C)N)cc2Br)cn1. The van der Waals surface area contributed by atoms with Crippen LogP contribution in [0, 0.1) is 0 Å². The van der Waals surface area contributed by atoms with Gasteiger partial charge in [-0.05, 0) is 47.5 Å². The van der Waals surface area contributed by atoms with Gasteiger partial charge in [0.1, 0.15) is 5.75 Å². The Labute approximate surface area is 115 Å². The van der Waals surface area contributed by atoms with Crippen LogP contribution in [-0.2, 0) is 6.54 Å². The zero-order chi connectivity index (χ0) is 13.1. The van der Waals surface area contributed by atoms with Crippen molar-refractivity contribution in [1.82, 2.24) is 9.78 Å². The molecule has 0 bridgehead atoms. The fraction of sp³-hybridized carbons (Fsp3) is 0.308. The van der Waals surface area contributed by atoms with Crippen molar-refractivity contribution in [2.75, 3.05) is 0 Å². The maximum atomic E-state index is 5.83. The Hall–Kier alpha value is -1.33. The van der Waals surface area contributed by atoms with Gasteiger partial charge >= 0.3 is 0 Å². The van der Waals surface area contributed by atoms with Crippen molar-refractivity contribution in [2.24, 2.45) is 5.73 Å². The van der Waals surface area contributed by atoms with Crippen LogP contribution in [0.3, 0.4) is 0 Å². The lowest BCUT2D eigenvalue weighted by molar-refractivity contribution is 0.478. The van der Waals surface area contributed by atoms with Crippen LogP contribution >= 0.6 is 15.9 Å². The Morgan fingerprint density at radius 3 is 2.83 bits per heavy atom. The standard InChI is InChI=1S/C13H16BrN3O/c1-3-17-8-11(7-16-17)18-13-5-4-10(9(2)15)6-12(13)14/h4-9H,3,15H2,1-2H3/t9-/m1/s1. The van der Waals surface area contributed by atoms with Crippen molar-refractivity contribution in [3.63, 3.8) is 0 Å². The molecule has 0 fully saturated rings. The Morgan fingerprint density at radius 1 is 1.50 bits per heavy atom. The number of nitrogens with two attached hydrogens (primary N) is 1. The van der Waals surface area contributed by atoms with E-state index in [2.05, 4.69) is 21.0 Å². The molecule has 96 valence electrons. The van der Waals surface area contributed by atoms with Gasteiger partial charge in [0.15, 0.2) is 5.75 Å². The lowest BCUT2D eigenvalue weighted by Crippen LogP contribution is -2.04. The molecule has 2 aromatic rings. The van der Waals surface area contributed by atoms with Gasteiger partial charge in [0.2, 0.25) is 0 Å². The largest absolute Gasteiger partial charge is 0.453 e. The first kappa shape index (κ1) is 13.1. The minimum Gasteiger partial charge on any atom is -0.453 e.